The highest BCUT2D eigenvalue weighted by Crippen LogP contribution is 2.40. The van der Waals surface area contributed by atoms with Crippen molar-refractivity contribution < 1.29 is 9.59 Å². The zero-order valence-corrected chi connectivity index (χ0v) is 26.5. The minimum atomic E-state index is -0.272. The van der Waals surface area contributed by atoms with Crippen LogP contribution in [-0.2, 0) is 9.59 Å². The lowest BCUT2D eigenvalue weighted by atomic mass is 9.85. The molecule has 230 valence electrons. The molecule has 1 fully saturated rings. The molecule has 0 saturated heterocycles. The van der Waals surface area contributed by atoms with Gasteiger partial charge < -0.3 is 20.7 Å². The number of amides is 1. The maximum atomic E-state index is 11.9. The summed E-state index contributed by atoms with van der Waals surface area (Å²) in [6.07, 6.45) is 10.5. The average Bonchev–Trinajstić information content (AvgIpc) is 3.37. The van der Waals surface area contributed by atoms with Gasteiger partial charge in [0.1, 0.15) is 11.8 Å². The third kappa shape index (κ3) is 7.22. The Labute approximate surface area is 263 Å². The summed E-state index contributed by atoms with van der Waals surface area (Å²) in [7, 11) is 0. The normalized spacial score (nSPS) is 18.1. The molecule has 3 aromatic rings. The molecule has 1 aliphatic rings. The Morgan fingerprint density at radius 2 is 1.79 bits per heavy atom. The molecule has 12 heteroatoms. The lowest BCUT2D eigenvalue weighted by Crippen LogP contribution is -2.44. The first-order valence-corrected chi connectivity index (χ1v) is 15.9. The van der Waals surface area contributed by atoms with E-state index in [0.29, 0.717) is 63.6 Å². The molecular formula is C31H40Cl2N8O2. The second-order valence-electron chi connectivity index (χ2n) is 11.2. The summed E-state index contributed by atoms with van der Waals surface area (Å²) in [6.45, 7) is 6.48. The number of aromatic nitrogens is 4. The van der Waals surface area contributed by atoms with Gasteiger partial charge in [0.15, 0.2) is 5.65 Å². The number of nitrogens with one attached hydrogen (secondary N) is 1. The number of carbonyl (C=O) groups is 2. The predicted molar refractivity (Wildman–Crippen MR) is 171 cm³/mol. The van der Waals surface area contributed by atoms with E-state index in [4.69, 9.17) is 43.9 Å². The quantitative estimate of drug-likeness (QED) is 0.180. The molecule has 0 unspecified atom stereocenters. The Balaban J connectivity index is 1.85. The van der Waals surface area contributed by atoms with Crippen LogP contribution < -0.4 is 16.0 Å². The highest BCUT2D eigenvalue weighted by Gasteiger charge is 2.31. The molecule has 43 heavy (non-hydrogen) atoms. The van der Waals surface area contributed by atoms with Crippen LogP contribution >= 0.6 is 23.2 Å². The fourth-order valence-corrected chi connectivity index (χ4v) is 6.81. The number of carbonyl (C=O) groups excluding carboxylic acids is 2. The second-order valence-corrected chi connectivity index (χ2v) is 12.0. The molecule has 0 bridgehead atoms. The van der Waals surface area contributed by atoms with Crippen LogP contribution in [-0.4, -0.2) is 43.8 Å². The Hall–Kier alpha value is -3.42. The van der Waals surface area contributed by atoms with Crippen molar-refractivity contribution in [3.63, 3.8) is 0 Å². The van der Waals surface area contributed by atoms with Gasteiger partial charge in [0.25, 0.3) is 0 Å². The van der Waals surface area contributed by atoms with E-state index in [1.165, 1.54) is 0 Å². The smallest absolute Gasteiger partial charge is 0.227 e. The molecule has 0 radical (unpaired) electrons. The number of primary amides is 1. The molecule has 1 aromatic carbocycles. The molecule has 2 atom stereocenters. The monoisotopic (exact) mass is 626 g/mol. The fraction of sp³-hybridized carbons (Fsp3) is 0.548. The molecule has 1 saturated carbocycles. The number of fused-ring (bicyclic) bond motifs is 1. The van der Waals surface area contributed by atoms with Crippen LogP contribution in [0.2, 0.25) is 10.0 Å². The Bertz CT molecular complexity index is 1460. The highest BCUT2D eigenvalue weighted by atomic mass is 35.5. The van der Waals surface area contributed by atoms with Crippen LogP contribution in [0.4, 0.5) is 17.6 Å². The van der Waals surface area contributed by atoms with Crippen molar-refractivity contribution >= 4 is 64.1 Å². The molecule has 3 N–H and O–H groups in total. The summed E-state index contributed by atoms with van der Waals surface area (Å²) in [5, 5.41) is 13.2. The van der Waals surface area contributed by atoms with Crippen molar-refractivity contribution in [2.75, 3.05) is 10.2 Å². The number of nitriles is 1. The molecule has 1 amide bonds. The molecule has 0 aliphatic heterocycles. The van der Waals surface area contributed by atoms with Gasteiger partial charge in [-0.25, -0.2) is 9.97 Å². The third-order valence-corrected chi connectivity index (χ3v) is 9.09. The molecule has 10 nitrogen and oxygen atoms in total. The lowest BCUT2D eigenvalue weighted by Gasteiger charge is -2.38. The highest BCUT2D eigenvalue weighted by molar-refractivity contribution is 6.39. The maximum absolute atomic E-state index is 11.9. The largest absolute Gasteiger partial charge is 0.369 e. The summed E-state index contributed by atoms with van der Waals surface area (Å²) in [5.41, 5.74) is 7.70. The van der Waals surface area contributed by atoms with Crippen LogP contribution in [0.3, 0.4) is 0 Å². The van der Waals surface area contributed by atoms with E-state index in [0.717, 1.165) is 51.2 Å². The number of hydrogen-bond acceptors (Lipinski definition) is 8. The van der Waals surface area contributed by atoms with Crippen LogP contribution in [0.15, 0.2) is 18.3 Å². The van der Waals surface area contributed by atoms with E-state index < -0.39 is 0 Å². The first-order chi connectivity index (χ1) is 20.8. The van der Waals surface area contributed by atoms with Gasteiger partial charge in [-0.2, -0.15) is 10.2 Å². The van der Waals surface area contributed by atoms with Crippen LogP contribution in [0, 0.1) is 17.2 Å². The van der Waals surface area contributed by atoms with E-state index in [1.54, 1.807) is 18.3 Å². The van der Waals surface area contributed by atoms with Crippen LogP contribution in [0.1, 0.15) is 96.6 Å². The molecular weight excluding hydrogens is 587 g/mol. The molecule has 2 aromatic heterocycles. The van der Waals surface area contributed by atoms with Gasteiger partial charge >= 0.3 is 0 Å². The number of anilines is 3. The first-order valence-electron chi connectivity index (χ1n) is 15.2. The Kier molecular flexibility index (Phi) is 11.2. The molecule has 1 aliphatic carbocycles. The van der Waals surface area contributed by atoms with Gasteiger partial charge in [-0.1, -0.05) is 50.4 Å². The number of nitrogens with zero attached hydrogens (tertiary/aromatic N) is 6. The summed E-state index contributed by atoms with van der Waals surface area (Å²) in [6, 6.07) is 5.49. The van der Waals surface area contributed by atoms with Crippen LogP contribution in [0.5, 0.6) is 0 Å². The number of halogens is 2. The minimum absolute atomic E-state index is 0.00937. The second kappa shape index (κ2) is 14.8. The van der Waals surface area contributed by atoms with Gasteiger partial charge in [-0.15, -0.1) is 0 Å². The topological polar surface area (TPSA) is 143 Å². The number of nitrogens with two attached hydrogens (primary N) is 1. The van der Waals surface area contributed by atoms with E-state index in [9.17, 15) is 14.9 Å². The summed E-state index contributed by atoms with van der Waals surface area (Å²) < 4.78 is 2.06. The van der Waals surface area contributed by atoms with Crippen molar-refractivity contribution in [1.82, 2.24) is 19.5 Å². The number of imidazole rings is 1. The van der Waals surface area contributed by atoms with Crippen molar-refractivity contribution in [3.8, 4) is 6.07 Å². The lowest BCUT2D eigenvalue weighted by molar-refractivity contribution is -0.122. The number of hydrogen-bond donors (Lipinski definition) is 2. The standard InChI is InChI=1S/C31H40Cl2N8O2/c1-4-8-21(5-2)40(22(6-3)9-7-14-42)30-36-18-26-29(39-30)41(23-12-10-20(11-13-23)28(35)43)31(37-26)38-27-24(32)15-19(17-34)16-25(27)33/h14-16,18,20-23H,4-13H2,1-3H3,(H2,35,43)(H,37,38)/t20?,21-,22-,23?/m0/s1. The van der Waals surface area contributed by atoms with E-state index in [2.05, 4.69) is 41.6 Å². The zero-order valence-electron chi connectivity index (χ0n) is 25.0. The summed E-state index contributed by atoms with van der Waals surface area (Å²) >= 11 is 13.1. The van der Waals surface area contributed by atoms with Gasteiger partial charge in [0, 0.05) is 30.5 Å². The minimum Gasteiger partial charge on any atom is -0.369 e. The van der Waals surface area contributed by atoms with Crippen molar-refractivity contribution in [2.24, 2.45) is 11.7 Å². The van der Waals surface area contributed by atoms with Crippen molar-refractivity contribution in [3.05, 3.63) is 33.9 Å². The van der Waals surface area contributed by atoms with Crippen LogP contribution in [0.25, 0.3) is 11.2 Å². The molecule has 2 heterocycles. The van der Waals surface area contributed by atoms with Gasteiger partial charge in [-0.3, -0.25) is 9.36 Å². The maximum Gasteiger partial charge on any atom is 0.227 e. The van der Waals surface area contributed by atoms with Gasteiger partial charge in [0.05, 0.1) is 33.6 Å². The predicted octanol–water partition coefficient (Wildman–Crippen LogP) is 7.11. The first kappa shape index (κ1) is 32.5. The van der Waals surface area contributed by atoms with Gasteiger partial charge in [-0.05, 0) is 63.5 Å². The Morgan fingerprint density at radius 3 is 2.35 bits per heavy atom. The third-order valence-electron chi connectivity index (χ3n) is 8.49. The molecule has 0 spiro atoms. The summed E-state index contributed by atoms with van der Waals surface area (Å²) in [4.78, 5) is 40.4. The average molecular weight is 628 g/mol. The Morgan fingerprint density at radius 1 is 1.14 bits per heavy atom. The van der Waals surface area contributed by atoms with Gasteiger partial charge in [0.2, 0.25) is 17.8 Å². The van der Waals surface area contributed by atoms with E-state index in [-0.39, 0.29) is 30.0 Å². The number of rotatable bonds is 14. The number of benzene rings is 1. The number of aldehydes is 1. The van der Waals surface area contributed by atoms with Crippen molar-refractivity contribution in [2.45, 2.75) is 103 Å². The summed E-state index contributed by atoms with van der Waals surface area (Å²) in [5.74, 6) is 0.676. The van der Waals surface area contributed by atoms with E-state index >= 15 is 0 Å². The van der Waals surface area contributed by atoms with Crippen molar-refractivity contribution in [1.29, 1.82) is 5.26 Å². The van der Waals surface area contributed by atoms with E-state index in [1.807, 2.05) is 0 Å². The fourth-order valence-electron chi connectivity index (χ4n) is 6.23. The SMILES string of the molecule is CCC[C@H](CC)N(c1ncc2nc(Nc3c(Cl)cc(C#N)cc3Cl)n(C3CCC(C(N)=O)CC3)c2n1)[C@@H](CC)CCC=O. The zero-order chi connectivity index (χ0) is 31.1. The molecule has 4 rings (SSSR count).